The number of nitrogens with zero attached hydrogens (tertiary/aromatic N) is 1. The molecule has 5 heteroatoms. The monoisotopic (exact) mass is 166 g/mol. The Morgan fingerprint density at radius 3 is 3.00 bits per heavy atom. The predicted molar refractivity (Wildman–Crippen MR) is 44.9 cm³/mol. The van der Waals surface area contributed by atoms with Crippen molar-refractivity contribution in [1.29, 1.82) is 0 Å². The molecule has 0 bridgehead atoms. The summed E-state index contributed by atoms with van der Waals surface area (Å²) >= 11 is 0. The number of amides is 1. The van der Waals surface area contributed by atoms with Crippen LogP contribution in [0.1, 0.15) is 13.8 Å². The van der Waals surface area contributed by atoms with Gasteiger partial charge in [-0.1, -0.05) is 0 Å². The highest BCUT2D eigenvalue weighted by molar-refractivity contribution is 6.04. The lowest BCUT2D eigenvalue weighted by Crippen LogP contribution is -2.47. The van der Waals surface area contributed by atoms with Gasteiger partial charge in [-0.05, 0) is 13.8 Å². The molecule has 0 spiro atoms. The lowest BCUT2D eigenvalue weighted by atomic mass is 10.0. The maximum absolute atomic E-state index is 11.4. The molecule has 3 N–H and O–H groups in total. The molecule has 0 unspecified atom stereocenters. The standard InChI is InChI=1S/C7H10N4O/c1-7(2)6(12)9-4-3-8-11-5(4)10-7/h3H,1-2H3,(H,9,12)(H2,8,10,11). The molecule has 0 saturated carbocycles. The van der Waals surface area contributed by atoms with Crippen molar-refractivity contribution in [3.8, 4) is 0 Å². The molecule has 0 saturated heterocycles. The van der Waals surface area contributed by atoms with Gasteiger partial charge in [0.05, 0.1) is 6.20 Å². The van der Waals surface area contributed by atoms with Crippen molar-refractivity contribution in [1.82, 2.24) is 10.2 Å². The number of anilines is 2. The minimum atomic E-state index is -0.570. The maximum atomic E-state index is 11.4. The SMILES string of the molecule is CC1(C)Nc2[nH]ncc2NC1=O. The van der Waals surface area contributed by atoms with Gasteiger partial charge in [-0.2, -0.15) is 5.10 Å². The molecule has 1 aromatic heterocycles. The number of fused-ring (bicyclic) bond motifs is 1. The second-order valence-corrected chi connectivity index (χ2v) is 3.36. The van der Waals surface area contributed by atoms with Crippen molar-refractivity contribution < 1.29 is 4.79 Å². The van der Waals surface area contributed by atoms with E-state index in [9.17, 15) is 4.79 Å². The van der Waals surface area contributed by atoms with Gasteiger partial charge in [-0.25, -0.2) is 0 Å². The van der Waals surface area contributed by atoms with Gasteiger partial charge in [0.1, 0.15) is 17.0 Å². The number of rotatable bonds is 0. The van der Waals surface area contributed by atoms with Crippen molar-refractivity contribution in [3.63, 3.8) is 0 Å². The highest BCUT2D eigenvalue weighted by atomic mass is 16.2. The summed E-state index contributed by atoms with van der Waals surface area (Å²) in [4.78, 5) is 11.4. The zero-order valence-electron chi connectivity index (χ0n) is 6.93. The predicted octanol–water partition coefficient (Wildman–Crippen LogP) is 0.552. The number of hydrogen-bond donors (Lipinski definition) is 3. The fraction of sp³-hybridized carbons (Fsp3) is 0.429. The molecule has 64 valence electrons. The average molecular weight is 166 g/mol. The summed E-state index contributed by atoms with van der Waals surface area (Å²) in [5, 5.41) is 12.3. The van der Waals surface area contributed by atoms with Crippen LogP contribution >= 0.6 is 0 Å². The second-order valence-electron chi connectivity index (χ2n) is 3.36. The summed E-state index contributed by atoms with van der Waals surface area (Å²) in [6.45, 7) is 3.62. The van der Waals surface area contributed by atoms with Gasteiger partial charge in [0.25, 0.3) is 0 Å². The number of aromatic amines is 1. The van der Waals surface area contributed by atoms with Crippen molar-refractivity contribution in [2.24, 2.45) is 0 Å². The van der Waals surface area contributed by atoms with Crippen LogP contribution in [0.3, 0.4) is 0 Å². The molecule has 5 nitrogen and oxygen atoms in total. The topological polar surface area (TPSA) is 69.8 Å². The summed E-state index contributed by atoms with van der Waals surface area (Å²) in [6, 6.07) is 0. The Kier molecular flexibility index (Phi) is 1.19. The fourth-order valence-corrected chi connectivity index (χ4v) is 1.12. The third-order valence-electron chi connectivity index (χ3n) is 1.89. The van der Waals surface area contributed by atoms with Gasteiger partial charge in [0.15, 0.2) is 0 Å². The largest absolute Gasteiger partial charge is 0.355 e. The van der Waals surface area contributed by atoms with Gasteiger partial charge in [-0.3, -0.25) is 9.89 Å². The van der Waals surface area contributed by atoms with Crippen LogP contribution in [0, 0.1) is 0 Å². The average Bonchev–Trinajstić information content (AvgIpc) is 2.35. The van der Waals surface area contributed by atoms with E-state index in [0.717, 1.165) is 5.82 Å². The van der Waals surface area contributed by atoms with Crippen LogP contribution in [-0.2, 0) is 4.79 Å². The van der Waals surface area contributed by atoms with E-state index in [1.807, 2.05) is 13.8 Å². The van der Waals surface area contributed by atoms with E-state index in [2.05, 4.69) is 20.8 Å². The molecule has 1 aliphatic heterocycles. The van der Waals surface area contributed by atoms with Crippen molar-refractivity contribution in [3.05, 3.63) is 6.20 Å². The maximum Gasteiger partial charge on any atom is 0.249 e. The molecular formula is C7H10N4O. The Labute approximate surface area is 69.5 Å². The van der Waals surface area contributed by atoms with Gasteiger partial charge in [0, 0.05) is 0 Å². The number of nitrogens with one attached hydrogen (secondary N) is 3. The van der Waals surface area contributed by atoms with Gasteiger partial charge in [0.2, 0.25) is 5.91 Å². The Morgan fingerprint density at radius 1 is 1.50 bits per heavy atom. The van der Waals surface area contributed by atoms with E-state index in [1.165, 1.54) is 0 Å². The molecule has 0 fully saturated rings. The van der Waals surface area contributed by atoms with Crippen LogP contribution in [0.2, 0.25) is 0 Å². The molecule has 12 heavy (non-hydrogen) atoms. The minimum absolute atomic E-state index is 0.0450. The minimum Gasteiger partial charge on any atom is -0.355 e. The molecule has 0 aromatic carbocycles. The zero-order valence-corrected chi connectivity index (χ0v) is 6.93. The molecule has 2 rings (SSSR count). The molecule has 1 aliphatic rings. The molecule has 0 aliphatic carbocycles. The number of hydrogen-bond acceptors (Lipinski definition) is 3. The van der Waals surface area contributed by atoms with E-state index in [0.29, 0.717) is 5.69 Å². The quantitative estimate of drug-likeness (QED) is 0.527. The van der Waals surface area contributed by atoms with E-state index in [4.69, 9.17) is 0 Å². The van der Waals surface area contributed by atoms with Crippen LogP contribution in [0.4, 0.5) is 11.5 Å². The summed E-state index contributed by atoms with van der Waals surface area (Å²) in [5.41, 5.74) is 0.138. The number of carbonyl (C=O) groups excluding carboxylic acids is 1. The number of carbonyl (C=O) groups is 1. The second kappa shape index (κ2) is 2.00. The lowest BCUT2D eigenvalue weighted by molar-refractivity contribution is -0.119. The molecule has 2 heterocycles. The molecule has 1 amide bonds. The van der Waals surface area contributed by atoms with Crippen LogP contribution in [0.5, 0.6) is 0 Å². The fourth-order valence-electron chi connectivity index (χ4n) is 1.12. The van der Waals surface area contributed by atoms with Gasteiger partial charge < -0.3 is 10.6 Å². The smallest absolute Gasteiger partial charge is 0.249 e. The highest BCUT2D eigenvalue weighted by Crippen LogP contribution is 2.27. The normalized spacial score (nSPS) is 19.3. The summed E-state index contributed by atoms with van der Waals surface area (Å²) < 4.78 is 0. The Bertz CT molecular complexity index is 328. The Hall–Kier alpha value is -1.52. The van der Waals surface area contributed by atoms with Gasteiger partial charge in [-0.15, -0.1) is 0 Å². The van der Waals surface area contributed by atoms with Crippen LogP contribution < -0.4 is 10.6 Å². The first-order valence-corrected chi connectivity index (χ1v) is 3.72. The zero-order chi connectivity index (χ0) is 8.77. The first-order valence-electron chi connectivity index (χ1n) is 3.72. The molecular weight excluding hydrogens is 156 g/mol. The summed E-state index contributed by atoms with van der Waals surface area (Å²) in [7, 11) is 0. The van der Waals surface area contributed by atoms with Crippen molar-refractivity contribution in [2.45, 2.75) is 19.4 Å². The van der Waals surface area contributed by atoms with E-state index < -0.39 is 5.54 Å². The first-order chi connectivity index (χ1) is 5.59. The highest BCUT2D eigenvalue weighted by Gasteiger charge is 2.33. The molecule has 1 aromatic rings. The lowest BCUT2D eigenvalue weighted by Gasteiger charge is -2.29. The van der Waals surface area contributed by atoms with Crippen LogP contribution in [-0.4, -0.2) is 21.6 Å². The number of H-pyrrole nitrogens is 1. The van der Waals surface area contributed by atoms with E-state index >= 15 is 0 Å². The van der Waals surface area contributed by atoms with Crippen molar-refractivity contribution in [2.75, 3.05) is 10.6 Å². The first kappa shape index (κ1) is 7.15. The van der Waals surface area contributed by atoms with Crippen LogP contribution in [0.15, 0.2) is 6.20 Å². The third-order valence-corrected chi connectivity index (χ3v) is 1.89. The third kappa shape index (κ3) is 0.861. The summed E-state index contributed by atoms with van der Waals surface area (Å²) in [5.74, 6) is 0.719. The van der Waals surface area contributed by atoms with E-state index in [1.54, 1.807) is 6.20 Å². The van der Waals surface area contributed by atoms with Crippen LogP contribution in [0.25, 0.3) is 0 Å². The van der Waals surface area contributed by atoms with E-state index in [-0.39, 0.29) is 5.91 Å². The Balaban J connectivity index is 2.42. The molecule has 0 atom stereocenters. The number of aromatic nitrogens is 2. The summed E-state index contributed by atoms with van der Waals surface area (Å²) in [6.07, 6.45) is 1.58. The Morgan fingerprint density at radius 2 is 2.25 bits per heavy atom. The molecule has 0 radical (unpaired) electrons. The van der Waals surface area contributed by atoms with Gasteiger partial charge >= 0.3 is 0 Å². The van der Waals surface area contributed by atoms with Crippen molar-refractivity contribution >= 4 is 17.4 Å².